The van der Waals surface area contributed by atoms with Gasteiger partial charge in [-0.1, -0.05) is 37.0 Å². The lowest BCUT2D eigenvalue weighted by molar-refractivity contribution is 0.406. The molecule has 1 fully saturated rings. The van der Waals surface area contributed by atoms with Crippen LogP contribution in [0.5, 0.6) is 0 Å². The van der Waals surface area contributed by atoms with Crippen LogP contribution >= 0.6 is 0 Å². The largest absolute Gasteiger partial charge is 0.0775 e. The second kappa shape index (κ2) is 3.47. The molecule has 2 aliphatic rings. The molecule has 0 heterocycles. The van der Waals surface area contributed by atoms with E-state index in [2.05, 4.69) is 19.1 Å². The zero-order chi connectivity index (χ0) is 8.39. The fourth-order valence-corrected chi connectivity index (χ4v) is 2.54. The van der Waals surface area contributed by atoms with E-state index in [0.717, 1.165) is 5.92 Å². The third kappa shape index (κ3) is 1.48. The zero-order valence-corrected chi connectivity index (χ0v) is 7.97. The molecule has 2 rings (SSSR count). The van der Waals surface area contributed by atoms with Crippen molar-refractivity contribution in [3.8, 4) is 0 Å². The molecular formula is C12H18. The quantitative estimate of drug-likeness (QED) is 0.549. The molecule has 66 valence electrons. The van der Waals surface area contributed by atoms with Gasteiger partial charge in [0.1, 0.15) is 0 Å². The summed E-state index contributed by atoms with van der Waals surface area (Å²) >= 11 is 0. The monoisotopic (exact) mass is 162 g/mol. The lowest BCUT2D eigenvalue weighted by Crippen LogP contribution is -2.08. The molecule has 0 aliphatic heterocycles. The molecule has 0 aromatic carbocycles. The Labute approximate surface area is 75.4 Å². The number of rotatable bonds is 1. The standard InChI is InChI=1S/C12H18/c1-10-6-5-9-12(10)11-7-3-2-4-8-11/h6,9,11H,2-5,7-8H2,1H3. The lowest BCUT2D eigenvalue weighted by atomic mass is 9.82. The number of allylic oxidation sites excluding steroid dienone is 4. The molecule has 0 heteroatoms. The first-order valence-corrected chi connectivity index (χ1v) is 5.25. The van der Waals surface area contributed by atoms with Gasteiger partial charge in [0.15, 0.2) is 0 Å². The lowest BCUT2D eigenvalue weighted by Gasteiger charge is -2.23. The normalized spacial score (nSPS) is 25.4. The van der Waals surface area contributed by atoms with Gasteiger partial charge in [-0.15, -0.1) is 0 Å². The van der Waals surface area contributed by atoms with Gasteiger partial charge >= 0.3 is 0 Å². The highest BCUT2D eigenvalue weighted by molar-refractivity contribution is 5.37. The molecule has 0 atom stereocenters. The van der Waals surface area contributed by atoms with Gasteiger partial charge in [-0.2, -0.15) is 0 Å². The summed E-state index contributed by atoms with van der Waals surface area (Å²) < 4.78 is 0. The van der Waals surface area contributed by atoms with Crippen LogP contribution in [0, 0.1) is 5.92 Å². The van der Waals surface area contributed by atoms with Crippen LogP contribution in [0.25, 0.3) is 0 Å². The molecule has 0 unspecified atom stereocenters. The van der Waals surface area contributed by atoms with Crippen LogP contribution in [0.4, 0.5) is 0 Å². The van der Waals surface area contributed by atoms with Crippen LogP contribution in [0.15, 0.2) is 23.3 Å². The maximum absolute atomic E-state index is 2.44. The highest BCUT2D eigenvalue weighted by Crippen LogP contribution is 2.35. The second-order valence-corrected chi connectivity index (χ2v) is 4.12. The Kier molecular flexibility index (Phi) is 2.34. The fourth-order valence-electron chi connectivity index (χ4n) is 2.54. The van der Waals surface area contributed by atoms with E-state index in [4.69, 9.17) is 0 Å². The minimum absolute atomic E-state index is 0.914. The first kappa shape index (κ1) is 8.10. The van der Waals surface area contributed by atoms with Crippen LogP contribution < -0.4 is 0 Å². The highest BCUT2D eigenvalue weighted by atomic mass is 14.2. The Hall–Kier alpha value is -0.520. The van der Waals surface area contributed by atoms with E-state index in [1.54, 1.807) is 11.1 Å². The van der Waals surface area contributed by atoms with Gasteiger partial charge < -0.3 is 0 Å². The predicted molar refractivity (Wildman–Crippen MR) is 53.0 cm³/mol. The molecule has 0 N–H and O–H groups in total. The van der Waals surface area contributed by atoms with Crippen LogP contribution in [-0.4, -0.2) is 0 Å². The zero-order valence-electron chi connectivity index (χ0n) is 7.97. The maximum Gasteiger partial charge on any atom is -0.0157 e. The van der Waals surface area contributed by atoms with Crippen LogP contribution in [0.1, 0.15) is 45.4 Å². The van der Waals surface area contributed by atoms with Crippen molar-refractivity contribution in [2.75, 3.05) is 0 Å². The second-order valence-electron chi connectivity index (χ2n) is 4.12. The van der Waals surface area contributed by atoms with Crippen molar-refractivity contribution in [3.63, 3.8) is 0 Å². The summed E-state index contributed by atoms with van der Waals surface area (Å²) in [6, 6.07) is 0. The predicted octanol–water partition coefficient (Wildman–Crippen LogP) is 3.84. The molecule has 1 saturated carbocycles. The Morgan fingerprint density at radius 2 is 1.83 bits per heavy atom. The Morgan fingerprint density at radius 3 is 2.42 bits per heavy atom. The van der Waals surface area contributed by atoms with Crippen LogP contribution in [-0.2, 0) is 0 Å². The smallest absolute Gasteiger partial charge is 0.0157 e. The van der Waals surface area contributed by atoms with E-state index in [1.807, 2.05) is 0 Å². The van der Waals surface area contributed by atoms with E-state index in [0.29, 0.717) is 0 Å². The first-order chi connectivity index (χ1) is 5.88. The molecule has 0 bridgehead atoms. The average molecular weight is 162 g/mol. The van der Waals surface area contributed by atoms with Gasteiger partial charge in [0.2, 0.25) is 0 Å². The summed E-state index contributed by atoms with van der Waals surface area (Å²) in [5.41, 5.74) is 3.23. The van der Waals surface area contributed by atoms with Crippen LogP contribution in [0.3, 0.4) is 0 Å². The summed E-state index contributed by atoms with van der Waals surface area (Å²) in [5, 5.41) is 0. The van der Waals surface area contributed by atoms with E-state index in [9.17, 15) is 0 Å². The molecule has 0 radical (unpaired) electrons. The van der Waals surface area contributed by atoms with Crippen molar-refractivity contribution in [2.45, 2.75) is 45.4 Å². The van der Waals surface area contributed by atoms with Crippen LogP contribution in [0.2, 0.25) is 0 Å². The summed E-state index contributed by atoms with van der Waals surface area (Å²) in [6.45, 7) is 2.27. The van der Waals surface area contributed by atoms with Crippen molar-refractivity contribution in [2.24, 2.45) is 5.92 Å². The topological polar surface area (TPSA) is 0 Å². The van der Waals surface area contributed by atoms with Gasteiger partial charge in [0.05, 0.1) is 0 Å². The van der Waals surface area contributed by atoms with Crippen molar-refractivity contribution >= 4 is 0 Å². The van der Waals surface area contributed by atoms with Gasteiger partial charge in [-0.25, -0.2) is 0 Å². The summed E-state index contributed by atoms with van der Waals surface area (Å²) in [4.78, 5) is 0. The van der Waals surface area contributed by atoms with Crippen molar-refractivity contribution in [1.29, 1.82) is 0 Å². The van der Waals surface area contributed by atoms with Gasteiger partial charge in [0, 0.05) is 0 Å². The summed E-state index contributed by atoms with van der Waals surface area (Å²) in [7, 11) is 0. The number of hydrogen-bond donors (Lipinski definition) is 0. The Bertz CT molecular complexity index is 214. The van der Waals surface area contributed by atoms with Gasteiger partial charge in [0.25, 0.3) is 0 Å². The summed E-state index contributed by atoms with van der Waals surface area (Å²) in [6.07, 6.45) is 13.2. The molecule has 12 heavy (non-hydrogen) atoms. The molecule has 0 saturated heterocycles. The third-order valence-electron chi connectivity index (χ3n) is 3.26. The van der Waals surface area contributed by atoms with E-state index < -0.39 is 0 Å². The SMILES string of the molecule is CC1=CCC=C1C1CCCCC1. The fraction of sp³-hybridized carbons (Fsp3) is 0.667. The van der Waals surface area contributed by atoms with Gasteiger partial charge in [-0.3, -0.25) is 0 Å². The molecule has 0 spiro atoms. The number of hydrogen-bond acceptors (Lipinski definition) is 0. The molecule has 0 nitrogen and oxygen atoms in total. The molecule has 0 aromatic rings. The molecule has 0 aromatic heterocycles. The first-order valence-electron chi connectivity index (χ1n) is 5.25. The molecule has 0 amide bonds. The average Bonchev–Trinajstić information content (AvgIpc) is 2.53. The van der Waals surface area contributed by atoms with E-state index >= 15 is 0 Å². The summed E-state index contributed by atoms with van der Waals surface area (Å²) in [5.74, 6) is 0.914. The Morgan fingerprint density at radius 1 is 1.08 bits per heavy atom. The minimum Gasteiger partial charge on any atom is -0.0775 e. The Balaban J connectivity index is 2.03. The highest BCUT2D eigenvalue weighted by Gasteiger charge is 2.19. The maximum atomic E-state index is 2.44. The van der Waals surface area contributed by atoms with E-state index in [1.165, 1.54) is 38.5 Å². The van der Waals surface area contributed by atoms with Crippen molar-refractivity contribution in [1.82, 2.24) is 0 Å². The van der Waals surface area contributed by atoms with E-state index in [-0.39, 0.29) is 0 Å². The van der Waals surface area contributed by atoms with Gasteiger partial charge in [-0.05, 0) is 37.7 Å². The minimum atomic E-state index is 0.914. The third-order valence-corrected chi connectivity index (χ3v) is 3.26. The van der Waals surface area contributed by atoms with Crippen molar-refractivity contribution < 1.29 is 0 Å². The van der Waals surface area contributed by atoms with Crippen molar-refractivity contribution in [3.05, 3.63) is 23.3 Å². The molecule has 2 aliphatic carbocycles. The molecular weight excluding hydrogens is 144 g/mol.